The third-order valence-corrected chi connectivity index (χ3v) is 4.80. The Hall–Kier alpha value is -2.14. The maximum atomic E-state index is 5.40. The van der Waals surface area contributed by atoms with Gasteiger partial charge in [0.1, 0.15) is 5.75 Å². The van der Waals surface area contributed by atoms with Crippen LogP contribution in [-0.2, 0) is 6.42 Å². The second-order valence-corrected chi connectivity index (χ2v) is 6.42. The molecule has 126 valence electrons. The minimum absolute atomic E-state index is 0.185. The van der Waals surface area contributed by atoms with Crippen molar-refractivity contribution < 1.29 is 14.2 Å². The number of fused-ring (bicyclic) bond motifs is 1. The summed E-state index contributed by atoms with van der Waals surface area (Å²) in [6, 6.07) is 10.4. The lowest BCUT2D eigenvalue weighted by molar-refractivity contribution is 0.354. The summed E-state index contributed by atoms with van der Waals surface area (Å²) in [5.41, 5.74) is 3.58. The van der Waals surface area contributed by atoms with Crippen LogP contribution in [0, 0.1) is 0 Å². The lowest BCUT2D eigenvalue weighted by atomic mass is 9.92. The van der Waals surface area contributed by atoms with Gasteiger partial charge >= 0.3 is 0 Å². The highest BCUT2D eigenvalue weighted by Gasteiger charge is 2.20. The summed E-state index contributed by atoms with van der Waals surface area (Å²) in [4.78, 5) is 0. The van der Waals surface area contributed by atoms with Gasteiger partial charge in [0.25, 0.3) is 0 Å². The fourth-order valence-electron chi connectivity index (χ4n) is 2.94. The molecule has 0 fully saturated rings. The van der Waals surface area contributed by atoms with E-state index >= 15 is 0 Å². The van der Waals surface area contributed by atoms with Crippen LogP contribution in [0.15, 0.2) is 41.0 Å². The SMILES string of the molecule is COc1cc2c(cc1Br)C(Cc1ccc(OC)c(OC)c1)NC=C2. The van der Waals surface area contributed by atoms with Crippen LogP contribution in [0.2, 0.25) is 0 Å². The fraction of sp³-hybridized carbons (Fsp3) is 0.263. The van der Waals surface area contributed by atoms with E-state index in [-0.39, 0.29) is 6.04 Å². The molecule has 1 unspecified atom stereocenters. The highest BCUT2D eigenvalue weighted by Crippen LogP contribution is 2.36. The predicted octanol–water partition coefficient (Wildman–Crippen LogP) is 4.33. The summed E-state index contributed by atoms with van der Waals surface area (Å²) < 4.78 is 17.1. The van der Waals surface area contributed by atoms with Crippen LogP contribution in [0.4, 0.5) is 0 Å². The Morgan fingerprint density at radius 3 is 2.42 bits per heavy atom. The van der Waals surface area contributed by atoms with Gasteiger partial charge in [0.05, 0.1) is 31.8 Å². The zero-order valence-electron chi connectivity index (χ0n) is 13.9. The number of ether oxygens (including phenoxy) is 3. The molecule has 5 heteroatoms. The Bertz CT molecular complexity index is 773. The Kier molecular flexibility index (Phi) is 5.00. The average molecular weight is 390 g/mol. The lowest BCUT2D eigenvalue weighted by Gasteiger charge is -2.25. The fourth-order valence-corrected chi connectivity index (χ4v) is 3.47. The highest BCUT2D eigenvalue weighted by molar-refractivity contribution is 9.10. The number of hydrogen-bond donors (Lipinski definition) is 1. The monoisotopic (exact) mass is 389 g/mol. The van der Waals surface area contributed by atoms with Crippen molar-refractivity contribution in [3.8, 4) is 17.2 Å². The molecule has 0 radical (unpaired) electrons. The molecule has 24 heavy (non-hydrogen) atoms. The van der Waals surface area contributed by atoms with Gasteiger partial charge in [-0.2, -0.15) is 0 Å². The van der Waals surface area contributed by atoms with Crippen LogP contribution < -0.4 is 19.5 Å². The first kappa shape index (κ1) is 16.7. The van der Waals surface area contributed by atoms with Crippen LogP contribution in [0.5, 0.6) is 17.2 Å². The Morgan fingerprint density at radius 1 is 0.958 bits per heavy atom. The molecule has 2 aromatic rings. The summed E-state index contributed by atoms with van der Waals surface area (Å²) in [6.07, 6.45) is 4.90. The standard InChI is InChI=1S/C19H20BrNO3/c1-22-17-5-4-12(9-19(17)24-3)8-16-14-11-15(20)18(23-2)10-13(14)6-7-21-16/h4-7,9-11,16,21H,8H2,1-3H3. The molecule has 2 aromatic carbocycles. The van der Waals surface area contributed by atoms with Crippen molar-refractivity contribution in [3.63, 3.8) is 0 Å². The van der Waals surface area contributed by atoms with Gasteiger partial charge in [-0.05, 0) is 75.6 Å². The van der Waals surface area contributed by atoms with E-state index in [0.29, 0.717) is 0 Å². The van der Waals surface area contributed by atoms with Gasteiger partial charge in [0.15, 0.2) is 11.5 Å². The number of halogens is 1. The van der Waals surface area contributed by atoms with Crippen molar-refractivity contribution in [2.24, 2.45) is 0 Å². The zero-order valence-corrected chi connectivity index (χ0v) is 15.5. The van der Waals surface area contributed by atoms with Gasteiger partial charge in [-0.3, -0.25) is 0 Å². The normalized spacial score (nSPS) is 15.4. The first-order valence-corrected chi connectivity index (χ1v) is 8.46. The summed E-state index contributed by atoms with van der Waals surface area (Å²) in [5, 5.41) is 3.44. The zero-order chi connectivity index (χ0) is 17.1. The smallest absolute Gasteiger partial charge is 0.160 e. The number of hydrogen-bond acceptors (Lipinski definition) is 4. The molecule has 0 amide bonds. The van der Waals surface area contributed by atoms with Gasteiger partial charge in [-0.25, -0.2) is 0 Å². The van der Waals surface area contributed by atoms with Gasteiger partial charge in [-0.1, -0.05) is 6.07 Å². The molecule has 1 heterocycles. The van der Waals surface area contributed by atoms with Crippen molar-refractivity contribution in [1.29, 1.82) is 0 Å². The molecule has 0 saturated carbocycles. The van der Waals surface area contributed by atoms with E-state index in [1.54, 1.807) is 21.3 Å². The predicted molar refractivity (Wildman–Crippen MR) is 98.9 cm³/mol. The van der Waals surface area contributed by atoms with Crippen molar-refractivity contribution >= 4 is 22.0 Å². The van der Waals surface area contributed by atoms with E-state index in [4.69, 9.17) is 14.2 Å². The third-order valence-electron chi connectivity index (χ3n) is 4.18. The Morgan fingerprint density at radius 2 is 1.71 bits per heavy atom. The Balaban J connectivity index is 1.90. The first-order chi connectivity index (χ1) is 11.7. The topological polar surface area (TPSA) is 39.7 Å². The number of benzene rings is 2. The van der Waals surface area contributed by atoms with Crippen LogP contribution in [-0.4, -0.2) is 21.3 Å². The summed E-state index contributed by atoms with van der Waals surface area (Å²) in [6.45, 7) is 0. The molecular formula is C19H20BrNO3. The van der Waals surface area contributed by atoms with Crippen molar-refractivity contribution in [2.45, 2.75) is 12.5 Å². The lowest BCUT2D eigenvalue weighted by Crippen LogP contribution is -2.22. The first-order valence-electron chi connectivity index (χ1n) is 7.67. The molecule has 0 bridgehead atoms. The molecule has 1 aliphatic heterocycles. The molecule has 1 N–H and O–H groups in total. The van der Waals surface area contributed by atoms with Crippen LogP contribution in [0.3, 0.4) is 0 Å². The van der Waals surface area contributed by atoms with Crippen LogP contribution in [0.1, 0.15) is 22.7 Å². The average Bonchev–Trinajstić information content (AvgIpc) is 2.61. The summed E-state index contributed by atoms with van der Waals surface area (Å²) in [7, 11) is 4.98. The van der Waals surface area contributed by atoms with Crippen LogP contribution >= 0.6 is 15.9 Å². The second-order valence-electron chi connectivity index (χ2n) is 5.56. The molecule has 3 rings (SSSR count). The summed E-state index contributed by atoms with van der Waals surface area (Å²) >= 11 is 3.58. The molecule has 0 aromatic heterocycles. The van der Waals surface area contributed by atoms with E-state index in [9.17, 15) is 0 Å². The summed E-state index contributed by atoms with van der Waals surface area (Å²) in [5.74, 6) is 2.33. The number of methoxy groups -OCH3 is 3. The van der Waals surface area contributed by atoms with E-state index in [1.807, 2.05) is 18.3 Å². The molecule has 1 atom stereocenters. The second kappa shape index (κ2) is 7.18. The maximum absolute atomic E-state index is 5.40. The third kappa shape index (κ3) is 3.22. The van der Waals surface area contributed by atoms with Crippen molar-refractivity contribution in [2.75, 3.05) is 21.3 Å². The van der Waals surface area contributed by atoms with Crippen LogP contribution in [0.25, 0.3) is 6.08 Å². The van der Waals surface area contributed by atoms with E-state index in [2.05, 4.69) is 45.5 Å². The highest BCUT2D eigenvalue weighted by atomic mass is 79.9. The number of nitrogens with one attached hydrogen (secondary N) is 1. The molecule has 0 aliphatic carbocycles. The number of rotatable bonds is 5. The molecule has 1 aliphatic rings. The van der Waals surface area contributed by atoms with E-state index in [1.165, 1.54) is 16.7 Å². The molecule has 0 spiro atoms. The van der Waals surface area contributed by atoms with Crippen molar-refractivity contribution in [1.82, 2.24) is 5.32 Å². The van der Waals surface area contributed by atoms with E-state index < -0.39 is 0 Å². The van der Waals surface area contributed by atoms with E-state index in [0.717, 1.165) is 28.1 Å². The minimum atomic E-state index is 0.185. The Labute approximate surface area is 150 Å². The van der Waals surface area contributed by atoms with Gasteiger partial charge in [-0.15, -0.1) is 0 Å². The molecule has 4 nitrogen and oxygen atoms in total. The van der Waals surface area contributed by atoms with Gasteiger partial charge < -0.3 is 19.5 Å². The maximum Gasteiger partial charge on any atom is 0.160 e. The van der Waals surface area contributed by atoms with Gasteiger partial charge in [0, 0.05) is 0 Å². The largest absolute Gasteiger partial charge is 0.496 e. The van der Waals surface area contributed by atoms with Gasteiger partial charge in [0.2, 0.25) is 0 Å². The molecule has 0 saturated heterocycles. The quantitative estimate of drug-likeness (QED) is 0.825. The van der Waals surface area contributed by atoms with Crippen molar-refractivity contribution in [3.05, 3.63) is 57.7 Å². The minimum Gasteiger partial charge on any atom is -0.496 e. The molecular weight excluding hydrogens is 370 g/mol.